The molecule has 2 rings (SSSR count). The summed E-state index contributed by atoms with van der Waals surface area (Å²) in [7, 11) is 0. The molecule has 90 valence electrons. The minimum absolute atomic E-state index is 0.0298. The van der Waals surface area contributed by atoms with Crippen LogP contribution in [0.5, 0.6) is 0 Å². The van der Waals surface area contributed by atoms with Crippen LogP contribution in [0.2, 0.25) is 0 Å². The Morgan fingerprint density at radius 1 is 1.41 bits per heavy atom. The van der Waals surface area contributed by atoms with E-state index in [1.54, 1.807) is 0 Å². The number of rotatable bonds is 3. The highest BCUT2D eigenvalue weighted by Gasteiger charge is 2.15. The molecule has 0 fully saturated rings. The third kappa shape index (κ3) is 2.87. The zero-order valence-electron chi connectivity index (χ0n) is 9.15. The number of halogens is 2. The number of hydrogen-bond acceptors (Lipinski definition) is 3. The molecule has 1 aromatic carbocycles. The first kappa shape index (κ1) is 12.1. The van der Waals surface area contributed by atoms with Crippen LogP contribution in [-0.4, -0.2) is 10.1 Å². The van der Waals surface area contributed by atoms with Crippen LogP contribution in [0.15, 0.2) is 23.6 Å². The van der Waals surface area contributed by atoms with Gasteiger partial charge in [0.05, 0.1) is 11.1 Å². The van der Waals surface area contributed by atoms with Crippen LogP contribution in [0.1, 0.15) is 22.4 Å². The Morgan fingerprint density at radius 2 is 2.18 bits per heavy atom. The minimum Gasteiger partial charge on any atom is -0.388 e. The van der Waals surface area contributed by atoms with Gasteiger partial charge in [0.15, 0.2) is 0 Å². The highest BCUT2D eigenvalue weighted by molar-refractivity contribution is 7.09. The maximum atomic E-state index is 13.4. The SMILES string of the molecule is Cc1csc(CC(O)c2cc(F)ccc2F)n1. The van der Waals surface area contributed by atoms with Crippen LogP contribution in [0, 0.1) is 18.6 Å². The van der Waals surface area contributed by atoms with E-state index in [0.717, 1.165) is 23.9 Å². The summed E-state index contributed by atoms with van der Waals surface area (Å²) in [6.45, 7) is 1.84. The Bertz CT molecular complexity index is 527. The summed E-state index contributed by atoms with van der Waals surface area (Å²) in [5.41, 5.74) is 0.828. The number of aromatic nitrogens is 1. The van der Waals surface area contributed by atoms with Crippen molar-refractivity contribution < 1.29 is 13.9 Å². The molecular formula is C12H11F2NOS. The fraction of sp³-hybridized carbons (Fsp3) is 0.250. The molecule has 1 atom stereocenters. The van der Waals surface area contributed by atoms with Crippen molar-refractivity contribution in [1.82, 2.24) is 4.98 Å². The molecule has 0 spiro atoms. The van der Waals surface area contributed by atoms with Gasteiger partial charge in [-0.2, -0.15) is 0 Å². The van der Waals surface area contributed by atoms with Gasteiger partial charge in [0, 0.05) is 23.1 Å². The zero-order valence-corrected chi connectivity index (χ0v) is 9.97. The monoisotopic (exact) mass is 255 g/mol. The van der Waals surface area contributed by atoms with E-state index in [4.69, 9.17) is 0 Å². The molecular weight excluding hydrogens is 244 g/mol. The molecule has 1 heterocycles. The number of thiazole rings is 1. The molecule has 0 aliphatic heterocycles. The van der Waals surface area contributed by atoms with Crippen LogP contribution in [0.3, 0.4) is 0 Å². The quantitative estimate of drug-likeness (QED) is 0.914. The second kappa shape index (κ2) is 4.89. The van der Waals surface area contributed by atoms with Crippen LogP contribution >= 0.6 is 11.3 Å². The normalized spacial score (nSPS) is 12.7. The molecule has 2 aromatic rings. The van der Waals surface area contributed by atoms with Gasteiger partial charge >= 0.3 is 0 Å². The van der Waals surface area contributed by atoms with Crippen molar-refractivity contribution in [2.75, 3.05) is 0 Å². The summed E-state index contributed by atoms with van der Waals surface area (Å²) >= 11 is 1.40. The van der Waals surface area contributed by atoms with Gasteiger partial charge in [-0.15, -0.1) is 11.3 Å². The van der Waals surface area contributed by atoms with Gasteiger partial charge in [0.1, 0.15) is 11.6 Å². The highest BCUT2D eigenvalue weighted by Crippen LogP contribution is 2.23. The van der Waals surface area contributed by atoms with Gasteiger partial charge in [0.2, 0.25) is 0 Å². The molecule has 0 aliphatic rings. The number of aliphatic hydroxyl groups is 1. The Hall–Kier alpha value is -1.33. The van der Waals surface area contributed by atoms with Crippen LogP contribution < -0.4 is 0 Å². The summed E-state index contributed by atoms with van der Waals surface area (Å²) in [5, 5.41) is 12.4. The lowest BCUT2D eigenvalue weighted by molar-refractivity contribution is 0.173. The minimum atomic E-state index is -1.07. The van der Waals surface area contributed by atoms with Gasteiger partial charge in [-0.3, -0.25) is 0 Å². The molecule has 0 saturated carbocycles. The van der Waals surface area contributed by atoms with Crippen molar-refractivity contribution in [2.45, 2.75) is 19.4 Å². The first-order chi connectivity index (χ1) is 8.06. The maximum absolute atomic E-state index is 13.4. The lowest BCUT2D eigenvalue weighted by Gasteiger charge is -2.10. The van der Waals surface area contributed by atoms with Crippen molar-refractivity contribution in [1.29, 1.82) is 0 Å². The Kier molecular flexibility index (Phi) is 3.49. The molecule has 17 heavy (non-hydrogen) atoms. The number of aliphatic hydroxyl groups excluding tert-OH is 1. The van der Waals surface area contributed by atoms with Crippen molar-refractivity contribution in [3.63, 3.8) is 0 Å². The lowest BCUT2D eigenvalue weighted by atomic mass is 10.1. The number of hydrogen-bond donors (Lipinski definition) is 1. The molecule has 0 aliphatic carbocycles. The third-order valence-corrected chi connectivity index (χ3v) is 3.34. The van der Waals surface area contributed by atoms with Gasteiger partial charge in [0.25, 0.3) is 0 Å². The topological polar surface area (TPSA) is 33.1 Å². The molecule has 0 saturated heterocycles. The van der Waals surface area contributed by atoms with Crippen LogP contribution in [0.4, 0.5) is 8.78 Å². The molecule has 1 aromatic heterocycles. The van der Waals surface area contributed by atoms with Gasteiger partial charge in [-0.05, 0) is 25.1 Å². The highest BCUT2D eigenvalue weighted by atomic mass is 32.1. The van der Waals surface area contributed by atoms with Crippen molar-refractivity contribution in [3.05, 3.63) is 51.5 Å². The zero-order chi connectivity index (χ0) is 12.4. The van der Waals surface area contributed by atoms with E-state index in [0.29, 0.717) is 5.01 Å². The Labute approximate surface area is 102 Å². The van der Waals surface area contributed by atoms with Gasteiger partial charge in [-0.25, -0.2) is 13.8 Å². The summed E-state index contributed by atoms with van der Waals surface area (Å²) in [6.07, 6.45) is -0.880. The summed E-state index contributed by atoms with van der Waals surface area (Å²) in [4.78, 5) is 4.17. The Balaban J connectivity index is 2.19. The van der Waals surface area contributed by atoms with Crippen molar-refractivity contribution in [2.24, 2.45) is 0 Å². The average molecular weight is 255 g/mol. The molecule has 0 bridgehead atoms. The fourth-order valence-corrected chi connectivity index (χ4v) is 2.35. The first-order valence-electron chi connectivity index (χ1n) is 5.10. The van der Waals surface area contributed by atoms with E-state index in [1.807, 2.05) is 12.3 Å². The van der Waals surface area contributed by atoms with E-state index < -0.39 is 17.7 Å². The average Bonchev–Trinajstić information content (AvgIpc) is 2.67. The second-order valence-electron chi connectivity index (χ2n) is 3.77. The van der Waals surface area contributed by atoms with E-state index in [-0.39, 0.29) is 12.0 Å². The van der Waals surface area contributed by atoms with E-state index in [9.17, 15) is 13.9 Å². The van der Waals surface area contributed by atoms with E-state index >= 15 is 0 Å². The fourth-order valence-electron chi connectivity index (χ4n) is 1.54. The molecule has 0 amide bonds. The summed E-state index contributed by atoms with van der Waals surface area (Å²) in [6, 6.07) is 3.06. The number of nitrogens with zero attached hydrogens (tertiary/aromatic N) is 1. The smallest absolute Gasteiger partial charge is 0.129 e. The van der Waals surface area contributed by atoms with E-state index in [1.165, 1.54) is 11.3 Å². The Morgan fingerprint density at radius 3 is 2.82 bits per heavy atom. The third-order valence-electron chi connectivity index (χ3n) is 2.35. The largest absolute Gasteiger partial charge is 0.388 e. The number of benzene rings is 1. The molecule has 5 heteroatoms. The first-order valence-corrected chi connectivity index (χ1v) is 5.98. The molecule has 2 nitrogen and oxygen atoms in total. The lowest BCUT2D eigenvalue weighted by Crippen LogP contribution is -2.05. The molecule has 1 unspecified atom stereocenters. The molecule has 1 N–H and O–H groups in total. The van der Waals surface area contributed by atoms with E-state index in [2.05, 4.69) is 4.98 Å². The van der Waals surface area contributed by atoms with Crippen molar-refractivity contribution >= 4 is 11.3 Å². The molecule has 0 radical (unpaired) electrons. The van der Waals surface area contributed by atoms with Crippen LogP contribution in [-0.2, 0) is 6.42 Å². The summed E-state index contributed by atoms with van der Waals surface area (Å²) < 4.78 is 26.3. The standard InChI is InChI=1S/C12H11F2NOS/c1-7-6-17-12(15-7)5-11(16)9-4-8(13)2-3-10(9)14/h2-4,6,11,16H,5H2,1H3. The maximum Gasteiger partial charge on any atom is 0.129 e. The number of aryl methyl sites for hydroxylation is 1. The predicted molar refractivity (Wildman–Crippen MR) is 61.9 cm³/mol. The van der Waals surface area contributed by atoms with Crippen molar-refractivity contribution in [3.8, 4) is 0 Å². The van der Waals surface area contributed by atoms with Gasteiger partial charge in [-0.1, -0.05) is 0 Å². The van der Waals surface area contributed by atoms with Gasteiger partial charge < -0.3 is 5.11 Å². The second-order valence-corrected chi connectivity index (χ2v) is 4.71. The van der Waals surface area contributed by atoms with Crippen LogP contribution in [0.25, 0.3) is 0 Å². The summed E-state index contributed by atoms with van der Waals surface area (Å²) in [5.74, 6) is -1.16. The predicted octanol–water partition coefficient (Wildman–Crippen LogP) is 3.01.